The quantitative estimate of drug-likeness (QED) is 0.337. The number of benzene rings is 2. The zero-order valence-electron chi connectivity index (χ0n) is 13.7. The van der Waals surface area contributed by atoms with E-state index in [1.165, 1.54) is 18.2 Å². The highest BCUT2D eigenvalue weighted by Gasteiger charge is 2.11. The summed E-state index contributed by atoms with van der Waals surface area (Å²) in [6.45, 7) is 0.273. The van der Waals surface area contributed by atoms with E-state index in [1.54, 1.807) is 41.2 Å². The molecule has 3 aromatic rings. The summed E-state index contributed by atoms with van der Waals surface area (Å²) in [4.78, 5) is 10.2. The summed E-state index contributed by atoms with van der Waals surface area (Å²) in [6, 6.07) is 12.4. The van der Waals surface area contributed by atoms with Crippen LogP contribution in [0.25, 0.3) is 0 Å². The second kappa shape index (κ2) is 8.23. The zero-order chi connectivity index (χ0) is 19.4. The number of nitro groups is 1. The number of nitrogens with one attached hydrogen (secondary N) is 2. The fourth-order valence-electron chi connectivity index (χ4n) is 2.30. The molecule has 1 heterocycles. The van der Waals surface area contributed by atoms with Crippen molar-refractivity contribution >= 4 is 50.5 Å². The molecule has 0 radical (unpaired) electrons. The van der Waals surface area contributed by atoms with Gasteiger partial charge in [-0.2, -0.15) is 5.10 Å². The van der Waals surface area contributed by atoms with E-state index in [0.29, 0.717) is 21.5 Å². The van der Waals surface area contributed by atoms with Crippen LogP contribution in [0.1, 0.15) is 5.56 Å². The van der Waals surface area contributed by atoms with Crippen LogP contribution in [0.3, 0.4) is 0 Å². The van der Waals surface area contributed by atoms with Gasteiger partial charge in [0, 0.05) is 29.6 Å². The summed E-state index contributed by atoms with van der Waals surface area (Å²) in [6.07, 6.45) is 1.71. The van der Waals surface area contributed by atoms with Gasteiger partial charge in [0.25, 0.3) is 5.69 Å². The first-order chi connectivity index (χ1) is 12.9. The van der Waals surface area contributed by atoms with Crippen LogP contribution >= 0.6 is 28.1 Å². The van der Waals surface area contributed by atoms with Gasteiger partial charge in [0.2, 0.25) is 0 Å². The Bertz CT molecular complexity index is 993. The number of rotatable bonds is 5. The summed E-state index contributed by atoms with van der Waals surface area (Å²) in [5.74, 6) is 0.166. The van der Waals surface area contributed by atoms with Crippen LogP contribution in [0.4, 0.5) is 21.6 Å². The van der Waals surface area contributed by atoms with E-state index >= 15 is 0 Å². The summed E-state index contributed by atoms with van der Waals surface area (Å²) in [5.41, 5.74) is 1.11. The predicted octanol–water partition coefficient (Wildman–Crippen LogP) is 4.55. The molecule has 1 aromatic heterocycles. The minimum absolute atomic E-state index is 0.00550. The molecule has 2 N–H and O–H groups in total. The monoisotopic (exact) mass is 449 g/mol. The second-order valence-electron chi connectivity index (χ2n) is 5.50. The highest BCUT2D eigenvalue weighted by atomic mass is 79.9. The van der Waals surface area contributed by atoms with E-state index < -0.39 is 4.92 Å². The molecular formula is C17H13BrFN5O2S. The van der Waals surface area contributed by atoms with Crippen molar-refractivity contribution < 1.29 is 9.31 Å². The van der Waals surface area contributed by atoms with Gasteiger partial charge in [-0.3, -0.25) is 14.8 Å². The molecule has 27 heavy (non-hydrogen) atoms. The topological polar surface area (TPSA) is 85.0 Å². The van der Waals surface area contributed by atoms with Crippen molar-refractivity contribution in [3.05, 3.63) is 80.7 Å². The SMILES string of the molecule is O=[N+]([O-])c1ccc(NC(=S)Nc2nn(Cc3ccccc3F)cc2Br)cc1. The van der Waals surface area contributed by atoms with Crippen LogP contribution in [0.5, 0.6) is 0 Å². The molecule has 0 aliphatic carbocycles. The molecule has 0 bridgehead atoms. The van der Waals surface area contributed by atoms with Gasteiger partial charge in [0.1, 0.15) is 5.82 Å². The van der Waals surface area contributed by atoms with Gasteiger partial charge in [0.15, 0.2) is 10.9 Å². The normalized spacial score (nSPS) is 10.4. The van der Waals surface area contributed by atoms with Gasteiger partial charge in [-0.15, -0.1) is 0 Å². The van der Waals surface area contributed by atoms with E-state index in [4.69, 9.17) is 12.2 Å². The predicted molar refractivity (Wildman–Crippen MR) is 108 cm³/mol. The Hall–Kier alpha value is -2.85. The Morgan fingerprint density at radius 3 is 2.59 bits per heavy atom. The van der Waals surface area contributed by atoms with Crippen LogP contribution in [-0.2, 0) is 6.54 Å². The molecule has 2 aromatic carbocycles. The first-order valence-corrected chi connectivity index (χ1v) is 8.91. The van der Waals surface area contributed by atoms with Crippen molar-refractivity contribution in [1.82, 2.24) is 9.78 Å². The smallest absolute Gasteiger partial charge is 0.269 e. The minimum atomic E-state index is -0.473. The zero-order valence-corrected chi connectivity index (χ0v) is 16.1. The standard InChI is InChI=1S/C17H13BrFN5O2S/c18-14-10-23(9-11-3-1-2-4-15(11)19)22-16(14)21-17(27)20-12-5-7-13(8-6-12)24(25)26/h1-8,10H,9H2,(H2,20,21,22,27). The summed E-state index contributed by atoms with van der Waals surface area (Å²) in [5, 5.41) is 21.1. The molecule has 0 unspecified atom stereocenters. The number of hydrogen-bond acceptors (Lipinski definition) is 4. The largest absolute Gasteiger partial charge is 0.332 e. The number of nitrogens with zero attached hydrogens (tertiary/aromatic N) is 3. The Morgan fingerprint density at radius 2 is 1.93 bits per heavy atom. The van der Waals surface area contributed by atoms with Gasteiger partial charge in [0.05, 0.1) is 15.9 Å². The number of aromatic nitrogens is 2. The van der Waals surface area contributed by atoms with Crippen molar-refractivity contribution in [2.24, 2.45) is 0 Å². The Labute approximate surface area is 167 Å². The highest BCUT2D eigenvalue weighted by Crippen LogP contribution is 2.22. The fraction of sp³-hybridized carbons (Fsp3) is 0.0588. The maximum atomic E-state index is 13.8. The van der Waals surface area contributed by atoms with Gasteiger partial charge < -0.3 is 10.6 Å². The first-order valence-electron chi connectivity index (χ1n) is 7.71. The highest BCUT2D eigenvalue weighted by molar-refractivity contribution is 9.10. The van der Waals surface area contributed by atoms with Gasteiger partial charge in [-0.25, -0.2) is 4.39 Å². The molecule has 3 rings (SSSR count). The Kier molecular flexibility index (Phi) is 5.77. The first kappa shape index (κ1) is 18.9. The third-order valence-electron chi connectivity index (χ3n) is 3.58. The van der Waals surface area contributed by atoms with Crippen molar-refractivity contribution in [1.29, 1.82) is 0 Å². The summed E-state index contributed by atoms with van der Waals surface area (Å²) < 4.78 is 16.0. The number of hydrogen-bond donors (Lipinski definition) is 2. The molecule has 0 aliphatic heterocycles. The molecule has 0 saturated carbocycles. The third kappa shape index (κ3) is 4.86. The maximum Gasteiger partial charge on any atom is 0.269 e. The average molecular weight is 450 g/mol. The maximum absolute atomic E-state index is 13.8. The van der Waals surface area contributed by atoms with Gasteiger partial charge in [-0.05, 0) is 46.3 Å². The Morgan fingerprint density at radius 1 is 1.22 bits per heavy atom. The van der Waals surface area contributed by atoms with E-state index in [9.17, 15) is 14.5 Å². The lowest BCUT2D eigenvalue weighted by atomic mass is 10.2. The van der Waals surface area contributed by atoms with Crippen LogP contribution in [0, 0.1) is 15.9 Å². The molecule has 0 fully saturated rings. The molecule has 7 nitrogen and oxygen atoms in total. The summed E-state index contributed by atoms with van der Waals surface area (Å²) in [7, 11) is 0. The van der Waals surface area contributed by atoms with E-state index in [1.807, 2.05) is 0 Å². The fourth-order valence-corrected chi connectivity index (χ4v) is 2.93. The van der Waals surface area contributed by atoms with Crippen LogP contribution in [-0.4, -0.2) is 19.8 Å². The lowest BCUT2D eigenvalue weighted by Gasteiger charge is -2.09. The van der Waals surface area contributed by atoms with E-state index in [0.717, 1.165) is 0 Å². The molecule has 10 heteroatoms. The molecular weight excluding hydrogens is 437 g/mol. The molecule has 0 atom stereocenters. The third-order valence-corrected chi connectivity index (χ3v) is 4.36. The van der Waals surface area contributed by atoms with Crippen molar-refractivity contribution in [3.8, 4) is 0 Å². The van der Waals surface area contributed by atoms with E-state index in [-0.39, 0.29) is 23.2 Å². The number of halogens is 2. The minimum Gasteiger partial charge on any atom is -0.332 e. The van der Waals surface area contributed by atoms with Crippen LogP contribution in [0.2, 0.25) is 0 Å². The van der Waals surface area contributed by atoms with Crippen LogP contribution < -0.4 is 10.6 Å². The second-order valence-corrected chi connectivity index (χ2v) is 6.76. The summed E-state index contributed by atoms with van der Waals surface area (Å²) >= 11 is 8.62. The Balaban J connectivity index is 1.65. The lowest BCUT2D eigenvalue weighted by molar-refractivity contribution is -0.384. The number of nitro benzene ring substituents is 1. The van der Waals surface area contributed by atoms with Crippen molar-refractivity contribution in [2.45, 2.75) is 6.54 Å². The van der Waals surface area contributed by atoms with Crippen molar-refractivity contribution in [2.75, 3.05) is 10.6 Å². The average Bonchev–Trinajstić information content (AvgIpc) is 2.96. The van der Waals surface area contributed by atoms with Crippen LogP contribution in [0.15, 0.2) is 59.2 Å². The molecule has 0 aliphatic rings. The van der Waals surface area contributed by atoms with Gasteiger partial charge in [-0.1, -0.05) is 18.2 Å². The number of non-ortho nitro benzene ring substituents is 1. The molecule has 0 saturated heterocycles. The molecule has 0 amide bonds. The molecule has 138 valence electrons. The lowest BCUT2D eigenvalue weighted by Crippen LogP contribution is -2.19. The van der Waals surface area contributed by atoms with E-state index in [2.05, 4.69) is 31.7 Å². The molecule has 0 spiro atoms. The van der Waals surface area contributed by atoms with Gasteiger partial charge >= 0.3 is 0 Å². The number of anilines is 2. The van der Waals surface area contributed by atoms with Crippen molar-refractivity contribution in [3.63, 3.8) is 0 Å². The number of thiocarbonyl (C=S) groups is 1.